The van der Waals surface area contributed by atoms with Gasteiger partial charge >= 0.3 is 11.9 Å². The van der Waals surface area contributed by atoms with E-state index < -0.39 is 17.4 Å². The second-order valence-corrected chi connectivity index (χ2v) is 13.0. The highest BCUT2D eigenvalue weighted by atomic mass is 16.4. The van der Waals surface area contributed by atoms with Crippen molar-refractivity contribution in [2.45, 2.75) is 123 Å². The van der Waals surface area contributed by atoms with E-state index in [1.54, 1.807) is 6.92 Å². The van der Waals surface area contributed by atoms with E-state index in [2.05, 4.69) is 66.0 Å². The molecule has 0 amide bonds. The van der Waals surface area contributed by atoms with Gasteiger partial charge in [-0.05, 0) is 112 Å². The Hall–Kier alpha value is -1.14. The van der Waals surface area contributed by atoms with Gasteiger partial charge in [0.15, 0.2) is 5.41 Å². The molecule has 2 saturated heterocycles. The number of carboxylic acids is 2. The van der Waals surface area contributed by atoms with Crippen molar-refractivity contribution in [3.63, 3.8) is 0 Å². The highest BCUT2D eigenvalue weighted by Gasteiger charge is 2.53. The molecule has 0 atom stereocenters. The zero-order valence-electron chi connectivity index (χ0n) is 21.2. The minimum absolute atomic E-state index is 0.0356. The van der Waals surface area contributed by atoms with E-state index in [4.69, 9.17) is 0 Å². The number of aliphatic carboxylic acids is 2. The molecule has 0 unspecified atom stereocenters. The van der Waals surface area contributed by atoms with Crippen molar-refractivity contribution in [2.24, 2.45) is 23.2 Å². The molecular weight excluding hydrogens is 392 g/mol. The number of hydrogen-bond acceptors (Lipinski definition) is 4. The Bertz CT molecular complexity index is 612. The van der Waals surface area contributed by atoms with E-state index in [1.807, 2.05) is 0 Å². The normalized spacial score (nSPS) is 26.0. The molecule has 6 heteroatoms. The van der Waals surface area contributed by atoms with Crippen LogP contribution in [-0.2, 0) is 9.59 Å². The molecule has 0 aliphatic carbocycles. The fourth-order valence-corrected chi connectivity index (χ4v) is 7.24. The lowest BCUT2D eigenvalue weighted by Crippen LogP contribution is -2.62. The van der Waals surface area contributed by atoms with Crippen LogP contribution in [0, 0.1) is 23.2 Å². The molecule has 6 nitrogen and oxygen atoms in total. The predicted octanol–water partition coefficient (Wildman–Crippen LogP) is 4.67. The van der Waals surface area contributed by atoms with Gasteiger partial charge in [0.25, 0.3) is 0 Å². The number of carboxylic acid groups (broad SMARTS) is 2. The van der Waals surface area contributed by atoms with Gasteiger partial charge in [-0.2, -0.15) is 0 Å². The minimum Gasteiger partial charge on any atom is -0.480 e. The monoisotopic (exact) mass is 438 g/mol. The molecule has 4 N–H and O–H groups in total. The molecule has 0 bridgehead atoms. The summed E-state index contributed by atoms with van der Waals surface area (Å²) in [6, 6.07) is 0. The Morgan fingerprint density at radius 1 is 0.774 bits per heavy atom. The van der Waals surface area contributed by atoms with Crippen LogP contribution in [0.5, 0.6) is 0 Å². The quantitative estimate of drug-likeness (QED) is 0.431. The maximum absolute atomic E-state index is 12.3. The summed E-state index contributed by atoms with van der Waals surface area (Å²) in [5.74, 6) is -1.83. The Kier molecular flexibility index (Phi) is 7.02. The molecule has 2 aliphatic rings. The molecule has 0 saturated carbocycles. The highest BCUT2D eigenvalue weighted by molar-refractivity contribution is 5.98. The van der Waals surface area contributed by atoms with Gasteiger partial charge < -0.3 is 20.8 Å². The van der Waals surface area contributed by atoms with Crippen molar-refractivity contribution in [1.29, 1.82) is 0 Å². The molecule has 2 fully saturated rings. The van der Waals surface area contributed by atoms with Crippen LogP contribution < -0.4 is 10.6 Å². The Morgan fingerprint density at radius 3 is 1.29 bits per heavy atom. The largest absolute Gasteiger partial charge is 0.480 e. The molecule has 2 rings (SSSR count). The van der Waals surface area contributed by atoms with Crippen LogP contribution in [0.1, 0.15) is 101 Å². The number of carbonyl (C=O) groups is 2. The number of nitrogens with one attached hydrogen (secondary N) is 2. The maximum Gasteiger partial charge on any atom is 0.321 e. The molecule has 0 spiro atoms. The topological polar surface area (TPSA) is 98.7 Å². The van der Waals surface area contributed by atoms with Crippen molar-refractivity contribution in [3.05, 3.63) is 0 Å². The van der Waals surface area contributed by atoms with E-state index in [9.17, 15) is 19.8 Å². The Morgan fingerprint density at radius 2 is 1.06 bits per heavy atom. The molecule has 0 aromatic heterocycles. The Labute approximate surface area is 188 Å². The van der Waals surface area contributed by atoms with Crippen LogP contribution in [0.3, 0.4) is 0 Å². The second kappa shape index (κ2) is 8.33. The lowest BCUT2D eigenvalue weighted by molar-refractivity contribution is -0.168. The average Bonchev–Trinajstić information content (AvgIpc) is 2.49. The molecule has 0 aromatic carbocycles. The van der Waals surface area contributed by atoms with Gasteiger partial charge in [-0.3, -0.25) is 9.59 Å². The highest BCUT2D eigenvalue weighted by Crippen LogP contribution is 2.50. The summed E-state index contributed by atoms with van der Waals surface area (Å²) in [5, 5.41) is 27.5. The predicted molar refractivity (Wildman–Crippen MR) is 124 cm³/mol. The fraction of sp³-hybridized carbons (Fsp3) is 0.920. The van der Waals surface area contributed by atoms with Crippen molar-refractivity contribution < 1.29 is 19.8 Å². The van der Waals surface area contributed by atoms with Crippen LogP contribution in [0.15, 0.2) is 0 Å². The summed E-state index contributed by atoms with van der Waals surface area (Å²) < 4.78 is 0. The van der Waals surface area contributed by atoms with E-state index in [1.165, 1.54) is 0 Å². The molecule has 0 radical (unpaired) electrons. The molecule has 2 aliphatic heterocycles. The van der Waals surface area contributed by atoms with Crippen molar-refractivity contribution in [3.8, 4) is 0 Å². The lowest BCUT2D eigenvalue weighted by Gasteiger charge is -2.54. The van der Waals surface area contributed by atoms with Gasteiger partial charge in [-0.25, -0.2) is 0 Å². The molecule has 180 valence electrons. The first-order valence-corrected chi connectivity index (χ1v) is 11.9. The maximum atomic E-state index is 12.3. The zero-order valence-corrected chi connectivity index (χ0v) is 21.2. The first kappa shape index (κ1) is 26.1. The lowest BCUT2D eigenvalue weighted by atomic mass is 9.58. The van der Waals surface area contributed by atoms with E-state index >= 15 is 0 Å². The van der Waals surface area contributed by atoms with Gasteiger partial charge in [-0.15, -0.1) is 0 Å². The van der Waals surface area contributed by atoms with Crippen LogP contribution in [-0.4, -0.2) is 44.3 Å². The van der Waals surface area contributed by atoms with E-state index in [-0.39, 0.29) is 52.8 Å². The molecule has 0 aromatic rings. The summed E-state index contributed by atoms with van der Waals surface area (Å²) in [6.07, 6.45) is 3.98. The van der Waals surface area contributed by atoms with E-state index in [0.29, 0.717) is 0 Å². The van der Waals surface area contributed by atoms with Crippen molar-refractivity contribution >= 4 is 11.9 Å². The summed E-state index contributed by atoms with van der Waals surface area (Å²) >= 11 is 0. The van der Waals surface area contributed by atoms with Crippen molar-refractivity contribution in [2.75, 3.05) is 0 Å². The third-order valence-electron chi connectivity index (χ3n) is 7.66. The van der Waals surface area contributed by atoms with Gasteiger partial charge in [0.05, 0.1) is 0 Å². The number of hydrogen-bond donors (Lipinski definition) is 4. The van der Waals surface area contributed by atoms with Crippen LogP contribution >= 0.6 is 0 Å². The van der Waals surface area contributed by atoms with Gasteiger partial charge in [0.1, 0.15) is 0 Å². The average molecular weight is 439 g/mol. The summed E-state index contributed by atoms with van der Waals surface area (Å²) in [7, 11) is 0. The standard InChI is InChI=1S/C25H46N2O4/c1-10-25(19(28)29,20(30)31)15-18(16-11-21(2,3)26-22(4,5)12-16)17-13-23(6,7)27-24(8,9)14-17/h16-18,26-27H,10-15H2,1-9H3,(H,28,29)(H,30,31). The third-order valence-corrected chi connectivity index (χ3v) is 7.66. The summed E-state index contributed by atoms with van der Waals surface area (Å²) in [5.41, 5.74) is -2.05. The van der Waals surface area contributed by atoms with Gasteiger partial charge in [0.2, 0.25) is 0 Å². The SMILES string of the molecule is CCC(CC(C1CC(C)(C)NC(C)(C)C1)C1CC(C)(C)NC(C)(C)C1)(C(=O)O)C(=O)O. The number of rotatable bonds is 7. The van der Waals surface area contributed by atoms with Crippen LogP contribution in [0.2, 0.25) is 0 Å². The third kappa shape index (κ3) is 6.01. The first-order valence-electron chi connectivity index (χ1n) is 11.9. The van der Waals surface area contributed by atoms with Gasteiger partial charge in [0, 0.05) is 22.2 Å². The van der Waals surface area contributed by atoms with E-state index in [0.717, 1.165) is 25.7 Å². The summed E-state index contributed by atoms with van der Waals surface area (Å²) in [4.78, 5) is 24.6. The minimum atomic E-state index is -1.73. The summed E-state index contributed by atoms with van der Waals surface area (Å²) in [6.45, 7) is 19.3. The first-order chi connectivity index (χ1) is 13.8. The molecule has 2 heterocycles. The molecular formula is C25H46N2O4. The zero-order chi connectivity index (χ0) is 24.0. The van der Waals surface area contributed by atoms with Crippen LogP contribution in [0.25, 0.3) is 0 Å². The number of piperidine rings is 2. The second-order valence-electron chi connectivity index (χ2n) is 13.0. The fourth-order valence-electron chi connectivity index (χ4n) is 7.24. The molecule has 31 heavy (non-hydrogen) atoms. The van der Waals surface area contributed by atoms with Gasteiger partial charge in [-0.1, -0.05) is 6.92 Å². The smallest absolute Gasteiger partial charge is 0.321 e. The van der Waals surface area contributed by atoms with Crippen molar-refractivity contribution in [1.82, 2.24) is 10.6 Å². The Balaban J connectivity index is 2.54. The van der Waals surface area contributed by atoms with Crippen LogP contribution in [0.4, 0.5) is 0 Å².